The molecule has 1 aliphatic rings. The zero-order valence-electron chi connectivity index (χ0n) is 10.7. The van der Waals surface area contributed by atoms with E-state index in [0.29, 0.717) is 29.8 Å². The molecule has 4 nitrogen and oxygen atoms in total. The van der Waals surface area contributed by atoms with Gasteiger partial charge in [0.15, 0.2) is 6.29 Å². The molecular formula is C14H18O4. The van der Waals surface area contributed by atoms with Crippen molar-refractivity contribution in [2.45, 2.75) is 32.0 Å². The van der Waals surface area contributed by atoms with Gasteiger partial charge in [-0.05, 0) is 31.9 Å². The Kier molecular flexibility index (Phi) is 4.20. The molecule has 1 aromatic carbocycles. The van der Waals surface area contributed by atoms with Crippen LogP contribution < -0.4 is 9.47 Å². The minimum atomic E-state index is 0.116. The number of aldehydes is 1. The third-order valence-electron chi connectivity index (χ3n) is 3.09. The molecule has 0 amide bonds. The molecule has 98 valence electrons. The maximum atomic E-state index is 10.9. The third kappa shape index (κ3) is 3.01. The van der Waals surface area contributed by atoms with Crippen LogP contribution in [0.5, 0.6) is 11.5 Å². The quantitative estimate of drug-likeness (QED) is 0.753. The number of ether oxygens (including phenoxy) is 3. The average Bonchev–Trinajstić information content (AvgIpc) is 2.81. The number of benzene rings is 1. The molecule has 0 aromatic heterocycles. The first-order chi connectivity index (χ1) is 8.72. The smallest absolute Gasteiger partial charge is 0.153 e. The fourth-order valence-corrected chi connectivity index (χ4v) is 2.05. The van der Waals surface area contributed by atoms with Crippen LogP contribution in [0.15, 0.2) is 18.2 Å². The largest absolute Gasteiger partial charge is 0.497 e. The monoisotopic (exact) mass is 250 g/mol. The number of hydrogen-bond donors (Lipinski definition) is 0. The van der Waals surface area contributed by atoms with Crippen LogP contribution in [-0.4, -0.2) is 32.2 Å². The van der Waals surface area contributed by atoms with E-state index in [1.807, 2.05) is 0 Å². The van der Waals surface area contributed by atoms with Crippen LogP contribution in [-0.2, 0) is 4.74 Å². The van der Waals surface area contributed by atoms with Gasteiger partial charge >= 0.3 is 0 Å². The number of carbonyl (C=O) groups excluding carboxylic acids is 1. The molecule has 2 unspecified atom stereocenters. The Bertz CT molecular complexity index is 416. The highest BCUT2D eigenvalue weighted by molar-refractivity contribution is 5.79. The fourth-order valence-electron chi connectivity index (χ4n) is 2.05. The van der Waals surface area contributed by atoms with Gasteiger partial charge in [-0.25, -0.2) is 0 Å². The predicted octanol–water partition coefficient (Wildman–Crippen LogP) is 2.45. The molecule has 1 fully saturated rings. The molecule has 0 spiro atoms. The number of carbonyl (C=O) groups is 1. The van der Waals surface area contributed by atoms with E-state index < -0.39 is 0 Å². The second-order valence-corrected chi connectivity index (χ2v) is 4.48. The van der Waals surface area contributed by atoms with Gasteiger partial charge in [-0.3, -0.25) is 4.79 Å². The highest BCUT2D eigenvalue weighted by atomic mass is 16.5. The molecule has 2 rings (SSSR count). The van der Waals surface area contributed by atoms with Crippen molar-refractivity contribution in [3.05, 3.63) is 23.8 Å². The summed E-state index contributed by atoms with van der Waals surface area (Å²) in [7, 11) is 1.58. The van der Waals surface area contributed by atoms with E-state index in [0.717, 1.165) is 19.1 Å². The van der Waals surface area contributed by atoms with E-state index in [9.17, 15) is 4.79 Å². The van der Waals surface area contributed by atoms with Crippen LogP contribution in [0, 0.1) is 0 Å². The van der Waals surface area contributed by atoms with Crippen molar-refractivity contribution < 1.29 is 19.0 Å². The lowest BCUT2D eigenvalue weighted by Gasteiger charge is -2.14. The van der Waals surface area contributed by atoms with E-state index in [4.69, 9.17) is 14.2 Å². The van der Waals surface area contributed by atoms with Crippen LogP contribution in [0.4, 0.5) is 0 Å². The topological polar surface area (TPSA) is 44.8 Å². The van der Waals surface area contributed by atoms with Crippen LogP contribution in [0.1, 0.15) is 30.1 Å². The summed E-state index contributed by atoms with van der Waals surface area (Å²) >= 11 is 0. The lowest BCUT2D eigenvalue weighted by Crippen LogP contribution is -2.18. The van der Waals surface area contributed by atoms with E-state index >= 15 is 0 Å². The standard InChI is InChI=1S/C14H18O4/c1-10-3-5-13(18-10)9-17-14-7-12(16-2)6-4-11(14)8-15/h4,6-8,10,13H,3,5,9H2,1-2H3. The Morgan fingerprint density at radius 1 is 1.44 bits per heavy atom. The van der Waals surface area contributed by atoms with Crippen LogP contribution in [0.25, 0.3) is 0 Å². The van der Waals surface area contributed by atoms with E-state index in [1.54, 1.807) is 25.3 Å². The molecule has 0 N–H and O–H groups in total. The molecule has 2 atom stereocenters. The van der Waals surface area contributed by atoms with Gasteiger partial charge in [0.1, 0.15) is 18.1 Å². The van der Waals surface area contributed by atoms with Gasteiger partial charge in [-0.15, -0.1) is 0 Å². The molecule has 0 bridgehead atoms. The zero-order chi connectivity index (χ0) is 13.0. The molecular weight excluding hydrogens is 232 g/mol. The molecule has 4 heteroatoms. The summed E-state index contributed by atoms with van der Waals surface area (Å²) in [4.78, 5) is 10.9. The van der Waals surface area contributed by atoms with Gasteiger partial charge in [0.05, 0.1) is 24.9 Å². The van der Waals surface area contributed by atoms with Crippen molar-refractivity contribution in [2.75, 3.05) is 13.7 Å². The van der Waals surface area contributed by atoms with Gasteiger partial charge in [-0.1, -0.05) is 0 Å². The lowest BCUT2D eigenvalue weighted by atomic mass is 10.2. The number of methoxy groups -OCH3 is 1. The summed E-state index contributed by atoms with van der Waals surface area (Å²) < 4.78 is 16.5. The molecule has 0 aliphatic carbocycles. The minimum Gasteiger partial charge on any atom is -0.497 e. The highest BCUT2D eigenvalue weighted by Gasteiger charge is 2.22. The summed E-state index contributed by atoms with van der Waals surface area (Å²) in [6.45, 7) is 2.53. The predicted molar refractivity (Wildman–Crippen MR) is 67.4 cm³/mol. The first kappa shape index (κ1) is 12.9. The molecule has 1 aromatic rings. The zero-order valence-corrected chi connectivity index (χ0v) is 10.7. The third-order valence-corrected chi connectivity index (χ3v) is 3.09. The van der Waals surface area contributed by atoms with Crippen molar-refractivity contribution in [3.63, 3.8) is 0 Å². The maximum Gasteiger partial charge on any atom is 0.153 e. The average molecular weight is 250 g/mol. The van der Waals surface area contributed by atoms with Crippen LogP contribution >= 0.6 is 0 Å². The highest BCUT2D eigenvalue weighted by Crippen LogP contribution is 2.25. The summed E-state index contributed by atoms with van der Waals surface area (Å²) in [5, 5.41) is 0. The van der Waals surface area contributed by atoms with E-state index in [-0.39, 0.29) is 6.10 Å². The molecule has 1 saturated heterocycles. The van der Waals surface area contributed by atoms with Crippen molar-refractivity contribution >= 4 is 6.29 Å². The first-order valence-electron chi connectivity index (χ1n) is 6.14. The summed E-state index contributed by atoms with van der Waals surface area (Å²) in [5.74, 6) is 1.23. The SMILES string of the molecule is COc1ccc(C=O)c(OCC2CCC(C)O2)c1. The molecule has 0 radical (unpaired) electrons. The molecule has 18 heavy (non-hydrogen) atoms. The second-order valence-electron chi connectivity index (χ2n) is 4.48. The normalized spacial score (nSPS) is 22.8. The lowest BCUT2D eigenvalue weighted by molar-refractivity contribution is 0.0262. The van der Waals surface area contributed by atoms with Crippen LogP contribution in [0.2, 0.25) is 0 Å². The van der Waals surface area contributed by atoms with Crippen molar-refractivity contribution in [2.24, 2.45) is 0 Å². The summed E-state index contributed by atoms with van der Waals surface area (Å²) in [6, 6.07) is 5.16. The van der Waals surface area contributed by atoms with Crippen molar-refractivity contribution in [1.29, 1.82) is 0 Å². The fraction of sp³-hybridized carbons (Fsp3) is 0.500. The van der Waals surface area contributed by atoms with E-state index in [1.165, 1.54) is 0 Å². The van der Waals surface area contributed by atoms with Gasteiger partial charge in [0.2, 0.25) is 0 Å². The van der Waals surface area contributed by atoms with Crippen molar-refractivity contribution in [3.8, 4) is 11.5 Å². The van der Waals surface area contributed by atoms with Gasteiger partial charge in [0, 0.05) is 6.07 Å². The molecule has 1 aliphatic heterocycles. The Labute approximate surface area is 107 Å². The Balaban J connectivity index is 2.00. The van der Waals surface area contributed by atoms with Gasteiger partial charge in [-0.2, -0.15) is 0 Å². The Morgan fingerprint density at radius 3 is 2.89 bits per heavy atom. The van der Waals surface area contributed by atoms with Crippen molar-refractivity contribution in [1.82, 2.24) is 0 Å². The summed E-state index contributed by atoms with van der Waals surface area (Å²) in [6.07, 6.45) is 3.27. The first-order valence-corrected chi connectivity index (χ1v) is 6.14. The number of hydrogen-bond acceptors (Lipinski definition) is 4. The Morgan fingerprint density at radius 2 is 2.28 bits per heavy atom. The van der Waals surface area contributed by atoms with Gasteiger partial charge < -0.3 is 14.2 Å². The summed E-state index contributed by atoms with van der Waals surface area (Å²) in [5.41, 5.74) is 0.529. The van der Waals surface area contributed by atoms with Gasteiger partial charge in [0.25, 0.3) is 0 Å². The molecule has 1 heterocycles. The number of rotatable bonds is 5. The second kappa shape index (κ2) is 5.87. The van der Waals surface area contributed by atoms with E-state index in [2.05, 4.69) is 6.92 Å². The Hall–Kier alpha value is -1.55. The minimum absolute atomic E-state index is 0.116. The molecule has 0 saturated carbocycles. The maximum absolute atomic E-state index is 10.9. The van der Waals surface area contributed by atoms with Crippen LogP contribution in [0.3, 0.4) is 0 Å².